The van der Waals surface area contributed by atoms with Crippen LogP contribution in [0.1, 0.15) is 24.2 Å². The molecule has 3 rings (SSSR count). The number of nitrogens with zero attached hydrogens (tertiary/aromatic N) is 4. The van der Waals surface area contributed by atoms with Crippen molar-refractivity contribution in [2.45, 2.75) is 32.7 Å². The minimum Gasteiger partial charge on any atom is -0.329 e. The highest BCUT2D eigenvalue weighted by molar-refractivity contribution is 5.97. The third-order valence-corrected chi connectivity index (χ3v) is 3.74. The molecule has 3 heterocycles. The van der Waals surface area contributed by atoms with Crippen LogP contribution in [0.2, 0.25) is 0 Å². The van der Waals surface area contributed by atoms with Gasteiger partial charge < -0.3 is 10.2 Å². The van der Waals surface area contributed by atoms with E-state index < -0.39 is 0 Å². The first kappa shape index (κ1) is 13.5. The summed E-state index contributed by atoms with van der Waals surface area (Å²) in [6.45, 7) is 4.56. The number of anilines is 2. The van der Waals surface area contributed by atoms with E-state index in [4.69, 9.17) is 0 Å². The highest BCUT2D eigenvalue weighted by Crippen LogP contribution is 2.24. The molecule has 0 bridgehead atoms. The van der Waals surface area contributed by atoms with Gasteiger partial charge in [-0.2, -0.15) is 5.10 Å². The molecule has 2 aromatic heterocycles. The number of carbonyl (C=O) groups is 1. The minimum absolute atomic E-state index is 0.0347. The van der Waals surface area contributed by atoms with E-state index in [0.717, 1.165) is 36.5 Å². The number of aromatic nitrogens is 4. The highest BCUT2D eigenvalue weighted by atomic mass is 16.2. The molecule has 1 unspecified atom stereocenters. The van der Waals surface area contributed by atoms with E-state index in [0.29, 0.717) is 5.95 Å². The highest BCUT2D eigenvalue weighted by Gasteiger charge is 2.32. The van der Waals surface area contributed by atoms with E-state index in [1.54, 1.807) is 18.5 Å². The van der Waals surface area contributed by atoms with Crippen LogP contribution in [-0.4, -0.2) is 38.7 Å². The molecule has 7 heteroatoms. The van der Waals surface area contributed by atoms with Crippen LogP contribution in [0.3, 0.4) is 0 Å². The third-order valence-electron chi connectivity index (χ3n) is 3.74. The zero-order chi connectivity index (χ0) is 14.8. The van der Waals surface area contributed by atoms with Crippen LogP contribution in [-0.2, 0) is 4.79 Å². The van der Waals surface area contributed by atoms with Crippen LogP contribution in [0.25, 0.3) is 0 Å². The van der Waals surface area contributed by atoms with Gasteiger partial charge in [0.25, 0.3) is 0 Å². The number of H-pyrrole nitrogens is 1. The van der Waals surface area contributed by atoms with Gasteiger partial charge in [-0.1, -0.05) is 0 Å². The Balaban J connectivity index is 1.78. The fourth-order valence-electron chi connectivity index (χ4n) is 2.66. The molecule has 21 heavy (non-hydrogen) atoms. The molecule has 1 aliphatic rings. The number of aromatic amines is 1. The molecule has 1 saturated heterocycles. The van der Waals surface area contributed by atoms with Gasteiger partial charge in [-0.05, 0) is 32.8 Å². The van der Waals surface area contributed by atoms with Crippen molar-refractivity contribution in [1.29, 1.82) is 0 Å². The monoisotopic (exact) mass is 286 g/mol. The van der Waals surface area contributed by atoms with Crippen molar-refractivity contribution < 1.29 is 4.79 Å². The zero-order valence-corrected chi connectivity index (χ0v) is 12.1. The van der Waals surface area contributed by atoms with Crippen molar-refractivity contribution in [3.8, 4) is 0 Å². The van der Waals surface area contributed by atoms with Crippen molar-refractivity contribution in [3.63, 3.8) is 0 Å². The van der Waals surface area contributed by atoms with E-state index in [2.05, 4.69) is 25.5 Å². The topological polar surface area (TPSA) is 86.8 Å². The van der Waals surface area contributed by atoms with Crippen molar-refractivity contribution >= 4 is 17.5 Å². The number of carbonyl (C=O) groups excluding carboxylic acids is 1. The predicted octanol–water partition coefficient (Wildman–Crippen LogP) is 1.42. The molecule has 0 spiro atoms. The van der Waals surface area contributed by atoms with Gasteiger partial charge in [0, 0.05) is 18.9 Å². The zero-order valence-electron chi connectivity index (χ0n) is 12.1. The number of hydrogen-bond donors (Lipinski definition) is 2. The Morgan fingerprint density at radius 2 is 2.14 bits per heavy atom. The first-order valence-electron chi connectivity index (χ1n) is 7.03. The number of aryl methyl sites for hydroxylation is 2. The summed E-state index contributed by atoms with van der Waals surface area (Å²) in [7, 11) is 0. The smallest absolute Gasteiger partial charge is 0.247 e. The molecular weight excluding hydrogens is 268 g/mol. The van der Waals surface area contributed by atoms with Gasteiger partial charge in [-0.25, -0.2) is 9.97 Å². The second-order valence-electron chi connectivity index (χ2n) is 5.20. The Bertz CT molecular complexity index is 619. The maximum Gasteiger partial charge on any atom is 0.247 e. The van der Waals surface area contributed by atoms with E-state index in [-0.39, 0.29) is 11.9 Å². The van der Waals surface area contributed by atoms with E-state index in [1.165, 1.54) is 0 Å². The van der Waals surface area contributed by atoms with Crippen molar-refractivity contribution in [2.24, 2.45) is 0 Å². The van der Waals surface area contributed by atoms with Crippen LogP contribution in [0.15, 0.2) is 18.5 Å². The van der Waals surface area contributed by atoms with Gasteiger partial charge in [0.05, 0.1) is 17.1 Å². The van der Waals surface area contributed by atoms with Crippen LogP contribution >= 0.6 is 0 Å². The van der Waals surface area contributed by atoms with Gasteiger partial charge in [-0.3, -0.25) is 9.89 Å². The summed E-state index contributed by atoms with van der Waals surface area (Å²) in [5.41, 5.74) is 2.42. The average Bonchev–Trinajstić information content (AvgIpc) is 3.10. The van der Waals surface area contributed by atoms with Crippen LogP contribution < -0.4 is 10.2 Å². The molecule has 0 saturated carbocycles. The molecule has 2 N–H and O–H groups in total. The lowest BCUT2D eigenvalue weighted by molar-refractivity contribution is -0.117. The summed E-state index contributed by atoms with van der Waals surface area (Å²) in [6, 6.07) is 1.54. The average molecular weight is 286 g/mol. The van der Waals surface area contributed by atoms with E-state index >= 15 is 0 Å². The van der Waals surface area contributed by atoms with Gasteiger partial charge >= 0.3 is 0 Å². The molecule has 0 aromatic carbocycles. The van der Waals surface area contributed by atoms with Gasteiger partial charge in [0.2, 0.25) is 11.9 Å². The number of rotatable bonds is 3. The molecule has 1 fully saturated rings. The molecule has 7 nitrogen and oxygen atoms in total. The molecule has 110 valence electrons. The Hall–Kier alpha value is -2.44. The Morgan fingerprint density at radius 3 is 2.81 bits per heavy atom. The van der Waals surface area contributed by atoms with Gasteiger partial charge in [0.15, 0.2) is 0 Å². The maximum atomic E-state index is 12.6. The fourth-order valence-corrected chi connectivity index (χ4v) is 2.66. The number of hydrogen-bond acceptors (Lipinski definition) is 5. The fraction of sp³-hybridized carbons (Fsp3) is 0.429. The molecular formula is C14H18N6O. The lowest BCUT2D eigenvalue weighted by Gasteiger charge is -2.23. The number of amides is 1. The van der Waals surface area contributed by atoms with Crippen LogP contribution in [0, 0.1) is 13.8 Å². The summed E-state index contributed by atoms with van der Waals surface area (Å²) in [5, 5.41) is 9.94. The first-order chi connectivity index (χ1) is 10.2. The Kier molecular flexibility index (Phi) is 3.55. The van der Waals surface area contributed by atoms with Gasteiger partial charge in [0.1, 0.15) is 6.04 Å². The maximum absolute atomic E-state index is 12.6. The van der Waals surface area contributed by atoms with Gasteiger partial charge in [-0.15, -0.1) is 0 Å². The van der Waals surface area contributed by atoms with E-state index in [9.17, 15) is 4.79 Å². The summed E-state index contributed by atoms with van der Waals surface area (Å²) in [5.74, 6) is 0.573. The minimum atomic E-state index is -0.235. The second-order valence-corrected chi connectivity index (χ2v) is 5.20. The van der Waals surface area contributed by atoms with Crippen molar-refractivity contribution in [2.75, 3.05) is 16.8 Å². The van der Waals surface area contributed by atoms with Crippen LogP contribution in [0.4, 0.5) is 11.6 Å². The normalized spacial score (nSPS) is 18.0. The summed E-state index contributed by atoms with van der Waals surface area (Å²) in [6.07, 6.45) is 5.15. The third kappa shape index (κ3) is 2.58. The lowest BCUT2D eigenvalue weighted by Crippen LogP contribution is -2.40. The molecule has 2 aromatic rings. The lowest BCUT2D eigenvalue weighted by atomic mass is 10.2. The summed E-state index contributed by atoms with van der Waals surface area (Å²) in [4.78, 5) is 23.0. The molecule has 1 amide bonds. The molecule has 0 aliphatic carbocycles. The summed E-state index contributed by atoms with van der Waals surface area (Å²) >= 11 is 0. The Morgan fingerprint density at radius 1 is 1.38 bits per heavy atom. The van der Waals surface area contributed by atoms with Crippen molar-refractivity contribution in [3.05, 3.63) is 29.8 Å². The first-order valence-corrected chi connectivity index (χ1v) is 7.03. The molecule has 1 atom stereocenters. The standard InChI is InChI=1S/C14H18N6O/c1-9-12(10(2)19-18-9)17-13(21)11-5-3-8-20(11)14-15-6-4-7-16-14/h4,6-7,11H,3,5,8H2,1-2H3,(H,17,21)(H,18,19). The SMILES string of the molecule is Cc1n[nH]c(C)c1NC(=O)C1CCCN1c1ncccn1. The largest absolute Gasteiger partial charge is 0.329 e. The van der Waals surface area contributed by atoms with E-state index in [1.807, 2.05) is 18.7 Å². The second kappa shape index (κ2) is 5.51. The predicted molar refractivity (Wildman–Crippen MR) is 79.1 cm³/mol. The molecule has 1 aliphatic heterocycles. The molecule has 0 radical (unpaired) electrons. The van der Waals surface area contributed by atoms with Crippen molar-refractivity contribution in [1.82, 2.24) is 20.2 Å². The summed E-state index contributed by atoms with van der Waals surface area (Å²) < 4.78 is 0. The quantitative estimate of drug-likeness (QED) is 0.891. The van der Waals surface area contributed by atoms with Crippen LogP contribution in [0.5, 0.6) is 0 Å². The number of nitrogens with one attached hydrogen (secondary N) is 2. The Labute approximate surface area is 122 Å².